The van der Waals surface area contributed by atoms with E-state index in [9.17, 15) is 14.0 Å². The summed E-state index contributed by atoms with van der Waals surface area (Å²) in [4.78, 5) is 29.0. The van der Waals surface area contributed by atoms with Crippen LogP contribution in [0.5, 0.6) is 0 Å². The first-order valence-corrected chi connectivity index (χ1v) is 9.26. The van der Waals surface area contributed by atoms with Gasteiger partial charge in [0.2, 0.25) is 5.89 Å². The van der Waals surface area contributed by atoms with E-state index < -0.39 is 11.7 Å². The van der Waals surface area contributed by atoms with Crippen molar-refractivity contribution in [2.75, 3.05) is 5.32 Å². The average Bonchev–Trinajstić information content (AvgIpc) is 3.24. The summed E-state index contributed by atoms with van der Waals surface area (Å²) in [5.74, 6) is -0.530. The summed E-state index contributed by atoms with van der Waals surface area (Å²) in [5, 5.41) is 2.78. The average molecular weight is 400 g/mol. The summed E-state index contributed by atoms with van der Waals surface area (Å²) in [6.07, 6.45) is 1.42. The zero-order valence-electron chi connectivity index (χ0n) is 16.1. The molecule has 1 heterocycles. The molecule has 0 fully saturated rings. The number of aromatic nitrogens is 1. The minimum atomic E-state index is -0.424. The fourth-order valence-corrected chi connectivity index (χ4v) is 3.14. The summed E-state index contributed by atoms with van der Waals surface area (Å²) in [7, 11) is 0. The van der Waals surface area contributed by atoms with Crippen molar-refractivity contribution in [3.05, 3.63) is 95.9 Å². The second kappa shape index (κ2) is 8.13. The Hall–Kier alpha value is -4.06. The zero-order valence-corrected chi connectivity index (χ0v) is 16.1. The molecule has 1 amide bonds. The van der Waals surface area contributed by atoms with E-state index in [1.54, 1.807) is 66.7 Å². The van der Waals surface area contributed by atoms with Gasteiger partial charge in [-0.2, -0.15) is 0 Å². The van der Waals surface area contributed by atoms with E-state index in [1.807, 2.05) is 0 Å². The van der Waals surface area contributed by atoms with Crippen molar-refractivity contribution < 1.29 is 18.4 Å². The van der Waals surface area contributed by atoms with Crippen LogP contribution < -0.4 is 5.32 Å². The molecule has 1 N–H and O–H groups in total. The number of carbonyl (C=O) groups excluding carboxylic acids is 2. The van der Waals surface area contributed by atoms with E-state index in [4.69, 9.17) is 4.42 Å². The van der Waals surface area contributed by atoms with Gasteiger partial charge in [-0.05, 0) is 43.3 Å². The summed E-state index contributed by atoms with van der Waals surface area (Å²) in [5.41, 5.74) is 1.90. The number of ketones is 1. The van der Waals surface area contributed by atoms with Crippen molar-refractivity contribution in [3.63, 3.8) is 0 Å². The number of benzene rings is 3. The SMILES string of the molecule is CC(=O)c1ccccc1NC(=O)c1ccccc1-c1ncc(-c2ccccc2F)o1. The molecule has 4 aromatic rings. The predicted octanol–water partition coefficient (Wildman–Crippen LogP) is 5.60. The minimum absolute atomic E-state index is 0.151. The number of hydrogen-bond acceptors (Lipinski definition) is 4. The first-order valence-electron chi connectivity index (χ1n) is 9.26. The first kappa shape index (κ1) is 19.3. The molecule has 0 saturated carbocycles. The molecule has 148 valence electrons. The Morgan fingerprint density at radius 2 is 1.50 bits per heavy atom. The van der Waals surface area contributed by atoms with Gasteiger partial charge in [0.25, 0.3) is 5.91 Å². The zero-order chi connectivity index (χ0) is 21.1. The molecule has 6 heteroatoms. The highest BCUT2D eigenvalue weighted by Crippen LogP contribution is 2.30. The Kier molecular flexibility index (Phi) is 5.22. The maximum atomic E-state index is 14.1. The fourth-order valence-electron chi connectivity index (χ4n) is 3.14. The monoisotopic (exact) mass is 400 g/mol. The Balaban J connectivity index is 1.68. The van der Waals surface area contributed by atoms with Crippen LogP contribution in [0.2, 0.25) is 0 Å². The van der Waals surface area contributed by atoms with Crippen LogP contribution in [0.4, 0.5) is 10.1 Å². The number of anilines is 1. The highest BCUT2D eigenvalue weighted by Gasteiger charge is 2.19. The van der Waals surface area contributed by atoms with Gasteiger partial charge in [0, 0.05) is 11.1 Å². The molecular formula is C24H17FN2O3. The lowest BCUT2D eigenvalue weighted by molar-refractivity contribution is 0.101. The predicted molar refractivity (Wildman–Crippen MR) is 112 cm³/mol. The number of oxazole rings is 1. The minimum Gasteiger partial charge on any atom is -0.436 e. The van der Waals surface area contributed by atoms with E-state index in [0.29, 0.717) is 22.4 Å². The molecule has 5 nitrogen and oxygen atoms in total. The molecule has 0 unspecified atom stereocenters. The van der Waals surface area contributed by atoms with Crippen LogP contribution in [0, 0.1) is 5.82 Å². The fraction of sp³-hybridized carbons (Fsp3) is 0.0417. The summed E-state index contributed by atoms with van der Waals surface area (Å²) < 4.78 is 19.8. The maximum absolute atomic E-state index is 14.1. The quantitative estimate of drug-likeness (QED) is 0.443. The number of halogens is 1. The van der Waals surface area contributed by atoms with E-state index in [-0.39, 0.29) is 23.0 Å². The molecule has 30 heavy (non-hydrogen) atoms. The molecule has 0 bridgehead atoms. The van der Waals surface area contributed by atoms with Crippen molar-refractivity contribution in [2.45, 2.75) is 6.92 Å². The standard InChI is InChI=1S/C24H17FN2O3/c1-15(28)16-8-5-7-13-21(16)27-23(29)17-9-2-3-10-18(17)24-26-14-22(30-24)19-11-4-6-12-20(19)25/h2-14H,1H3,(H,27,29). The highest BCUT2D eigenvalue weighted by atomic mass is 19.1. The number of hydrogen-bond donors (Lipinski definition) is 1. The second-order valence-electron chi connectivity index (χ2n) is 6.61. The molecule has 0 aliphatic rings. The lowest BCUT2D eigenvalue weighted by Crippen LogP contribution is -2.15. The van der Waals surface area contributed by atoms with Crippen LogP contribution in [0.15, 0.2) is 83.4 Å². The molecule has 0 aliphatic carbocycles. The number of rotatable bonds is 5. The summed E-state index contributed by atoms with van der Waals surface area (Å²) >= 11 is 0. The molecule has 0 radical (unpaired) electrons. The first-order chi connectivity index (χ1) is 14.5. The van der Waals surface area contributed by atoms with Crippen LogP contribution in [-0.4, -0.2) is 16.7 Å². The third-order valence-electron chi connectivity index (χ3n) is 4.60. The Bertz CT molecular complexity index is 1250. The van der Waals surface area contributed by atoms with E-state index >= 15 is 0 Å². The Morgan fingerprint density at radius 1 is 0.867 bits per heavy atom. The second-order valence-corrected chi connectivity index (χ2v) is 6.61. The van der Waals surface area contributed by atoms with Gasteiger partial charge in [-0.15, -0.1) is 0 Å². The van der Waals surface area contributed by atoms with Crippen molar-refractivity contribution in [1.29, 1.82) is 0 Å². The number of nitrogens with one attached hydrogen (secondary N) is 1. The number of Topliss-reactive ketones (excluding diaryl/α,β-unsaturated/α-hetero) is 1. The van der Waals surface area contributed by atoms with Gasteiger partial charge in [0.15, 0.2) is 11.5 Å². The normalized spacial score (nSPS) is 10.6. The molecule has 0 atom stereocenters. The lowest BCUT2D eigenvalue weighted by atomic mass is 10.1. The molecule has 0 saturated heterocycles. The van der Waals surface area contributed by atoms with Gasteiger partial charge < -0.3 is 9.73 Å². The van der Waals surface area contributed by atoms with E-state index in [0.717, 1.165) is 0 Å². The molecule has 0 spiro atoms. The summed E-state index contributed by atoms with van der Waals surface area (Å²) in [6, 6.07) is 19.8. The molecule has 1 aromatic heterocycles. The third-order valence-corrected chi connectivity index (χ3v) is 4.60. The van der Waals surface area contributed by atoms with Crippen LogP contribution >= 0.6 is 0 Å². The smallest absolute Gasteiger partial charge is 0.256 e. The van der Waals surface area contributed by atoms with Gasteiger partial charge in [-0.3, -0.25) is 9.59 Å². The number of amides is 1. The van der Waals surface area contributed by atoms with Crippen LogP contribution in [0.25, 0.3) is 22.8 Å². The van der Waals surface area contributed by atoms with Gasteiger partial charge >= 0.3 is 0 Å². The Labute approximate surface area is 172 Å². The van der Waals surface area contributed by atoms with Crippen LogP contribution in [0.3, 0.4) is 0 Å². The number of para-hydroxylation sites is 1. The largest absolute Gasteiger partial charge is 0.436 e. The third kappa shape index (κ3) is 3.75. The highest BCUT2D eigenvalue weighted by molar-refractivity contribution is 6.11. The van der Waals surface area contributed by atoms with E-state index in [2.05, 4.69) is 10.3 Å². The van der Waals surface area contributed by atoms with Gasteiger partial charge in [0.05, 0.1) is 23.0 Å². The molecule has 3 aromatic carbocycles. The number of nitrogens with zero attached hydrogens (tertiary/aromatic N) is 1. The van der Waals surface area contributed by atoms with Gasteiger partial charge in [-0.1, -0.05) is 36.4 Å². The lowest BCUT2D eigenvalue weighted by Gasteiger charge is -2.11. The van der Waals surface area contributed by atoms with Crippen molar-refractivity contribution in [2.24, 2.45) is 0 Å². The van der Waals surface area contributed by atoms with Gasteiger partial charge in [-0.25, -0.2) is 9.37 Å². The maximum Gasteiger partial charge on any atom is 0.256 e. The summed E-state index contributed by atoms with van der Waals surface area (Å²) in [6.45, 7) is 1.44. The van der Waals surface area contributed by atoms with Gasteiger partial charge in [0.1, 0.15) is 5.82 Å². The topological polar surface area (TPSA) is 72.2 Å². The Morgan fingerprint density at radius 3 is 2.23 bits per heavy atom. The van der Waals surface area contributed by atoms with Crippen LogP contribution in [0.1, 0.15) is 27.6 Å². The molecular weight excluding hydrogens is 383 g/mol. The van der Waals surface area contributed by atoms with Crippen LogP contribution in [-0.2, 0) is 0 Å². The van der Waals surface area contributed by atoms with E-state index in [1.165, 1.54) is 19.2 Å². The molecule has 0 aliphatic heterocycles. The number of carbonyl (C=O) groups is 2. The van der Waals surface area contributed by atoms with Crippen molar-refractivity contribution in [1.82, 2.24) is 4.98 Å². The molecule has 4 rings (SSSR count). The van der Waals surface area contributed by atoms with Crippen molar-refractivity contribution >= 4 is 17.4 Å². The van der Waals surface area contributed by atoms with Crippen molar-refractivity contribution in [3.8, 4) is 22.8 Å².